The smallest absolute Gasteiger partial charge is 0.222 e. The number of carbonyl (C=O) groups excluding carboxylic acids is 1. The number of amides is 1. The Kier molecular flexibility index (Phi) is 5.18. The van der Waals surface area contributed by atoms with E-state index in [9.17, 15) is 4.79 Å². The molecule has 1 aliphatic rings. The van der Waals surface area contributed by atoms with Crippen molar-refractivity contribution in [2.45, 2.75) is 39.2 Å². The first-order valence-electron chi connectivity index (χ1n) is 7.59. The summed E-state index contributed by atoms with van der Waals surface area (Å²) in [4.78, 5) is 14.0. The zero-order chi connectivity index (χ0) is 14.5. The normalized spacial score (nSPS) is 18.5. The molecule has 0 bridgehead atoms. The number of rotatable bonds is 5. The molecule has 0 saturated carbocycles. The largest absolute Gasteiger partial charge is 0.341 e. The van der Waals surface area contributed by atoms with Crippen molar-refractivity contribution < 1.29 is 4.79 Å². The van der Waals surface area contributed by atoms with Crippen LogP contribution in [0.3, 0.4) is 0 Å². The second-order valence-electron chi connectivity index (χ2n) is 6.21. The van der Waals surface area contributed by atoms with Crippen LogP contribution in [0.4, 0.5) is 0 Å². The van der Waals surface area contributed by atoms with Gasteiger partial charge in [0.05, 0.1) is 0 Å². The van der Waals surface area contributed by atoms with Crippen LogP contribution in [0.15, 0.2) is 24.3 Å². The first-order chi connectivity index (χ1) is 9.56. The summed E-state index contributed by atoms with van der Waals surface area (Å²) < 4.78 is 0. The first kappa shape index (κ1) is 15.0. The van der Waals surface area contributed by atoms with Crippen LogP contribution in [0.5, 0.6) is 0 Å². The fourth-order valence-electron chi connectivity index (χ4n) is 2.66. The number of carbonyl (C=O) groups is 1. The van der Waals surface area contributed by atoms with E-state index in [4.69, 9.17) is 0 Å². The molecular weight excluding hydrogens is 248 g/mol. The number of nitrogens with zero attached hydrogens (tertiary/aromatic N) is 1. The van der Waals surface area contributed by atoms with Crippen molar-refractivity contribution in [3.8, 4) is 0 Å². The highest BCUT2D eigenvalue weighted by Gasteiger charge is 2.20. The maximum absolute atomic E-state index is 12.2. The third kappa shape index (κ3) is 4.07. The Hall–Kier alpha value is -1.35. The summed E-state index contributed by atoms with van der Waals surface area (Å²) >= 11 is 0. The molecule has 0 radical (unpaired) electrons. The van der Waals surface area contributed by atoms with Gasteiger partial charge in [0.2, 0.25) is 5.91 Å². The van der Waals surface area contributed by atoms with Crippen LogP contribution < -0.4 is 5.32 Å². The van der Waals surface area contributed by atoms with Gasteiger partial charge in [0, 0.05) is 20.0 Å². The topological polar surface area (TPSA) is 32.3 Å². The molecule has 1 fully saturated rings. The van der Waals surface area contributed by atoms with Crippen molar-refractivity contribution in [3.05, 3.63) is 35.4 Å². The average molecular weight is 274 g/mol. The van der Waals surface area contributed by atoms with Crippen LogP contribution in [0.1, 0.15) is 43.7 Å². The number of hydrogen-bond donors (Lipinski definition) is 1. The Bertz CT molecular complexity index is 433. The van der Waals surface area contributed by atoms with Gasteiger partial charge < -0.3 is 10.2 Å². The standard InChI is InChI=1S/C17H26N2O/c1-13(2)16-6-4-14(5-7-16)12-19(3)17(20)10-15-8-9-18-11-15/h4-7,13,15,18H,8-12H2,1-3H3. The summed E-state index contributed by atoms with van der Waals surface area (Å²) in [7, 11) is 1.90. The fourth-order valence-corrected chi connectivity index (χ4v) is 2.66. The van der Waals surface area contributed by atoms with Gasteiger partial charge in [-0.1, -0.05) is 38.1 Å². The molecule has 3 heteroatoms. The van der Waals surface area contributed by atoms with E-state index in [1.807, 2.05) is 11.9 Å². The molecule has 1 aromatic rings. The molecule has 1 aromatic carbocycles. The monoisotopic (exact) mass is 274 g/mol. The van der Waals surface area contributed by atoms with Crippen LogP contribution >= 0.6 is 0 Å². The lowest BCUT2D eigenvalue weighted by molar-refractivity contribution is -0.131. The molecular formula is C17H26N2O. The van der Waals surface area contributed by atoms with Crippen LogP contribution in [-0.2, 0) is 11.3 Å². The van der Waals surface area contributed by atoms with E-state index in [0.29, 0.717) is 24.8 Å². The minimum Gasteiger partial charge on any atom is -0.341 e. The first-order valence-corrected chi connectivity index (χ1v) is 7.59. The van der Waals surface area contributed by atoms with E-state index in [1.165, 1.54) is 11.1 Å². The molecule has 3 nitrogen and oxygen atoms in total. The molecule has 1 saturated heterocycles. The molecule has 1 heterocycles. The highest BCUT2D eigenvalue weighted by atomic mass is 16.2. The molecule has 20 heavy (non-hydrogen) atoms. The predicted molar refractivity (Wildman–Crippen MR) is 82.6 cm³/mol. The Balaban J connectivity index is 1.86. The van der Waals surface area contributed by atoms with Gasteiger partial charge >= 0.3 is 0 Å². The van der Waals surface area contributed by atoms with Crippen molar-refractivity contribution in [1.29, 1.82) is 0 Å². The zero-order valence-electron chi connectivity index (χ0n) is 12.9. The van der Waals surface area contributed by atoms with Gasteiger partial charge in [0.1, 0.15) is 0 Å². The van der Waals surface area contributed by atoms with Gasteiger partial charge in [-0.15, -0.1) is 0 Å². The second-order valence-corrected chi connectivity index (χ2v) is 6.21. The van der Waals surface area contributed by atoms with Gasteiger partial charge in [-0.05, 0) is 42.5 Å². The Morgan fingerprint density at radius 2 is 2.05 bits per heavy atom. The van der Waals surface area contributed by atoms with Gasteiger partial charge in [0.15, 0.2) is 0 Å². The molecule has 1 unspecified atom stereocenters. The van der Waals surface area contributed by atoms with E-state index >= 15 is 0 Å². The summed E-state index contributed by atoms with van der Waals surface area (Å²) in [5.74, 6) is 1.33. The number of benzene rings is 1. The van der Waals surface area contributed by atoms with E-state index in [2.05, 4.69) is 43.4 Å². The lowest BCUT2D eigenvalue weighted by Gasteiger charge is -2.19. The number of hydrogen-bond acceptors (Lipinski definition) is 2. The lowest BCUT2D eigenvalue weighted by Crippen LogP contribution is -2.28. The van der Waals surface area contributed by atoms with Crippen molar-refractivity contribution in [2.75, 3.05) is 20.1 Å². The van der Waals surface area contributed by atoms with Gasteiger partial charge in [0.25, 0.3) is 0 Å². The molecule has 2 rings (SSSR count). The molecule has 1 N–H and O–H groups in total. The molecule has 1 amide bonds. The Morgan fingerprint density at radius 3 is 2.60 bits per heavy atom. The second kappa shape index (κ2) is 6.89. The van der Waals surface area contributed by atoms with Crippen molar-refractivity contribution in [2.24, 2.45) is 5.92 Å². The van der Waals surface area contributed by atoms with Crippen LogP contribution in [0, 0.1) is 5.92 Å². The third-order valence-electron chi connectivity index (χ3n) is 4.12. The van der Waals surface area contributed by atoms with E-state index in [-0.39, 0.29) is 5.91 Å². The summed E-state index contributed by atoms with van der Waals surface area (Å²) in [6.07, 6.45) is 1.80. The van der Waals surface area contributed by atoms with Crippen molar-refractivity contribution in [3.63, 3.8) is 0 Å². The lowest BCUT2D eigenvalue weighted by atomic mass is 10.0. The minimum absolute atomic E-state index is 0.256. The summed E-state index contributed by atoms with van der Waals surface area (Å²) in [6.45, 7) is 7.14. The summed E-state index contributed by atoms with van der Waals surface area (Å²) in [6, 6.07) is 8.60. The summed E-state index contributed by atoms with van der Waals surface area (Å²) in [5, 5.41) is 3.31. The van der Waals surface area contributed by atoms with E-state index < -0.39 is 0 Å². The van der Waals surface area contributed by atoms with Gasteiger partial charge in [-0.2, -0.15) is 0 Å². The third-order valence-corrected chi connectivity index (χ3v) is 4.12. The zero-order valence-corrected chi connectivity index (χ0v) is 12.9. The quantitative estimate of drug-likeness (QED) is 0.895. The molecule has 0 aliphatic carbocycles. The highest BCUT2D eigenvalue weighted by molar-refractivity contribution is 5.76. The van der Waals surface area contributed by atoms with E-state index in [0.717, 1.165) is 19.5 Å². The molecule has 0 spiro atoms. The summed E-state index contributed by atoms with van der Waals surface area (Å²) in [5.41, 5.74) is 2.55. The molecule has 110 valence electrons. The maximum Gasteiger partial charge on any atom is 0.222 e. The van der Waals surface area contributed by atoms with Crippen molar-refractivity contribution in [1.82, 2.24) is 10.2 Å². The predicted octanol–water partition coefficient (Wildman–Crippen LogP) is 2.77. The Labute approximate surface area is 122 Å². The van der Waals surface area contributed by atoms with Gasteiger partial charge in [-0.3, -0.25) is 4.79 Å². The van der Waals surface area contributed by atoms with Crippen LogP contribution in [-0.4, -0.2) is 30.9 Å². The molecule has 0 aromatic heterocycles. The van der Waals surface area contributed by atoms with Crippen LogP contribution in [0.2, 0.25) is 0 Å². The SMILES string of the molecule is CC(C)c1ccc(CN(C)C(=O)CC2CCNC2)cc1. The molecule has 1 atom stereocenters. The van der Waals surface area contributed by atoms with Gasteiger partial charge in [-0.25, -0.2) is 0 Å². The highest BCUT2D eigenvalue weighted by Crippen LogP contribution is 2.17. The number of nitrogens with one attached hydrogen (secondary N) is 1. The minimum atomic E-state index is 0.256. The Morgan fingerprint density at radius 1 is 1.35 bits per heavy atom. The maximum atomic E-state index is 12.2. The van der Waals surface area contributed by atoms with Crippen LogP contribution in [0.25, 0.3) is 0 Å². The molecule has 1 aliphatic heterocycles. The fraction of sp³-hybridized carbons (Fsp3) is 0.588. The van der Waals surface area contributed by atoms with E-state index in [1.54, 1.807) is 0 Å². The van der Waals surface area contributed by atoms with Crippen molar-refractivity contribution >= 4 is 5.91 Å². The average Bonchev–Trinajstić information content (AvgIpc) is 2.92.